The van der Waals surface area contributed by atoms with E-state index in [2.05, 4.69) is 10.3 Å². The van der Waals surface area contributed by atoms with Crippen molar-refractivity contribution >= 4 is 17.6 Å². The van der Waals surface area contributed by atoms with Gasteiger partial charge in [-0.3, -0.25) is 14.6 Å². The van der Waals surface area contributed by atoms with Gasteiger partial charge in [0.15, 0.2) is 0 Å². The maximum absolute atomic E-state index is 11.6. The molecule has 1 aliphatic carbocycles. The molecule has 84 valence electrons. The molecule has 0 spiro atoms. The summed E-state index contributed by atoms with van der Waals surface area (Å²) in [5.74, 6) is -2.04. The first-order valence-electron chi connectivity index (χ1n) is 5.04. The normalized spacial score (nSPS) is 22.6. The van der Waals surface area contributed by atoms with Crippen molar-refractivity contribution in [2.75, 3.05) is 5.32 Å². The molecule has 0 aromatic carbocycles. The van der Waals surface area contributed by atoms with Gasteiger partial charge in [0.2, 0.25) is 5.91 Å². The Morgan fingerprint density at radius 2 is 2.19 bits per heavy atom. The summed E-state index contributed by atoms with van der Waals surface area (Å²) < 4.78 is 0. The van der Waals surface area contributed by atoms with E-state index in [0.29, 0.717) is 12.1 Å². The molecule has 0 radical (unpaired) electrons. The summed E-state index contributed by atoms with van der Waals surface area (Å²) in [7, 11) is 0. The Bertz CT molecular complexity index is 427. The van der Waals surface area contributed by atoms with Crippen LogP contribution in [0.5, 0.6) is 0 Å². The van der Waals surface area contributed by atoms with E-state index in [4.69, 9.17) is 5.11 Å². The zero-order valence-electron chi connectivity index (χ0n) is 8.80. The van der Waals surface area contributed by atoms with Gasteiger partial charge in [-0.15, -0.1) is 0 Å². The molecule has 1 heterocycles. The molecule has 1 aromatic rings. The molecule has 2 rings (SSSR count). The fourth-order valence-electron chi connectivity index (χ4n) is 1.53. The molecule has 0 bridgehead atoms. The summed E-state index contributed by atoms with van der Waals surface area (Å²) in [5.41, 5.74) is 1.47. The smallest absolute Gasteiger partial charge is 0.307 e. The molecule has 5 nitrogen and oxygen atoms in total. The molecule has 1 amide bonds. The third-order valence-electron chi connectivity index (χ3n) is 2.62. The first-order chi connectivity index (χ1) is 7.58. The van der Waals surface area contributed by atoms with Gasteiger partial charge in [-0.2, -0.15) is 0 Å². The van der Waals surface area contributed by atoms with E-state index in [0.717, 1.165) is 5.69 Å². The molecule has 5 heteroatoms. The SMILES string of the molecule is Cc1ccc(NC(=O)[C@@H]2C[C@@H]2C(=O)O)cn1. The van der Waals surface area contributed by atoms with Crippen LogP contribution in [-0.4, -0.2) is 22.0 Å². The molecule has 0 saturated heterocycles. The van der Waals surface area contributed by atoms with E-state index in [1.165, 1.54) is 0 Å². The molecule has 16 heavy (non-hydrogen) atoms. The second-order valence-electron chi connectivity index (χ2n) is 3.96. The fraction of sp³-hybridized carbons (Fsp3) is 0.364. The number of carbonyl (C=O) groups is 2. The Hall–Kier alpha value is -1.91. The molecule has 0 aliphatic heterocycles. The zero-order valence-corrected chi connectivity index (χ0v) is 8.80. The minimum absolute atomic E-state index is 0.238. The van der Waals surface area contributed by atoms with Crippen molar-refractivity contribution in [3.05, 3.63) is 24.0 Å². The average molecular weight is 220 g/mol. The maximum Gasteiger partial charge on any atom is 0.307 e. The second-order valence-corrected chi connectivity index (χ2v) is 3.96. The highest BCUT2D eigenvalue weighted by Crippen LogP contribution is 2.39. The van der Waals surface area contributed by atoms with Crippen LogP contribution in [0.1, 0.15) is 12.1 Å². The van der Waals surface area contributed by atoms with Gasteiger partial charge in [-0.25, -0.2) is 0 Å². The van der Waals surface area contributed by atoms with E-state index in [1.807, 2.05) is 6.92 Å². The number of carboxylic acid groups (broad SMARTS) is 1. The molecule has 2 atom stereocenters. The number of nitrogens with zero attached hydrogens (tertiary/aromatic N) is 1. The van der Waals surface area contributed by atoms with Gasteiger partial charge < -0.3 is 10.4 Å². The summed E-state index contributed by atoms with van der Waals surface area (Å²) in [6.45, 7) is 1.85. The number of aliphatic carboxylic acids is 1. The summed E-state index contributed by atoms with van der Waals surface area (Å²) in [6.07, 6.45) is 1.99. The number of carboxylic acids is 1. The minimum Gasteiger partial charge on any atom is -0.481 e. The highest BCUT2D eigenvalue weighted by molar-refractivity contribution is 5.98. The van der Waals surface area contributed by atoms with Crippen LogP contribution >= 0.6 is 0 Å². The van der Waals surface area contributed by atoms with Gasteiger partial charge >= 0.3 is 5.97 Å². The Morgan fingerprint density at radius 1 is 1.44 bits per heavy atom. The molecule has 1 fully saturated rings. The number of nitrogens with one attached hydrogen (secondary N) is 1. The van der Waals surface area contributed by atoms with Crippen LogP contribution in [0.15, 0.2) is 18.3 Å². The third kappa shape index (κ3) is 2.18. The molecular weight excluding hydrogens is 208 g/mol. The van der Waals surface area contributed by atoms with Gasteiger partial charge in [0.1, 0.15) is 0 Å². The highest BCUT2D eigenvalue weighted by Gasteiger charge is 2.48. The number of aryl methyl sites for hydroxylation is 1. The first-order valence-corrected chi connectivity index (χ1v) is 5.04. The molecule has 2 N–H and O–H groups in total. The highest BCUT2D eigenvalue weighted by atomic mass is 16.4. The summed E-state index contributed by atoms with van der Waals surface area (Å²) in [5, 5.41) is 11.3. The standard InChI is InChI=1S/C11H12N2O3/c1-6-2-3-7(5-12-6)13-10(14)8-4-9(8)11(15)16/h2-3,5,8-9H,4H2,1H3,(H,13,14)(H,15,16)/t8-,9+/m1/s1. The van der Waals surface area contributed by atoms with E-state index in [-0.39, 0.29) is 11.8 Å². The molecule has 1 saturated carbocycles. The number of hydrogen-bond acceptors (Lipinski definition) is 3. The predicted molar refractivity (Wildman–Crippen MR) is 56.8 cm³/mol. The lowest BCUT2D eigenvalue weighted by molar-refractivity contribution is -0.139. The molecular formula is C11H12N2O3. The monoisotopic (exact) mass is 220 g/mol. The number of amides is 1. The number of anilines is 1. The van der Waals surface area contributed by atoms with E-state index < -0.39 is 11.9 Å². The second kappa shape index (κ2) is 3.92. The van der Waals surface area contributed by atoms with Crippen LogP contribution in [0.3, 0.4) is 0 Å². The Kier molecular flexibility index (Phi) is 2.60. The largest absolute Gasteiger partial charge is 0.481 e. The van der Waals surface area contributed by atoms with Gasteiger partial charge in [0, 0.05) is 5.69 Å². The van der Waals surface area contributed by atoms with Gasteiger partial charge in [-0.1, -0.05) is 0 Å². The number of pyridine rings is 1. The van der Waals surface area contributed by atoms with Gasteiger partial charge in [0.05, 0.1) is 23.7 Å². The lowest BCUT2D eigenvalue weighted by atomic mass is 10.3. The van der Waals surface area contributed by atoms with E-state index in [1.54, 1.807) is 18.3 Å². The van der Waals surface area contributed by atoms with Gasteiger partial charge in [0.25, 0.3) is 0 Å². The molecule has 1 aromatic heterocycles. The minimum atomic E-state index is -0.901. The van der Waals surface area contributed by atoms with Gasteiger partial charge in [-0.05, 0) is 25.5 Å². The lowest BCUT2D eigenvalue weighted by Crippen LogP contribution is -2.16. The van der Waals surface area contributed by atoms with E-state index >= 15 is 0 Å². The topological polar surface area (TPSA) is 79.3 Å². The third-order valence-corrected chi connectivity index (χ3v) is 2.62. The van der Waals surface area contributed by atoms with Crippen LogP contribution in [0.2, 0.25) is 0 Å². The van der Waals surface area contributed by atoms with Crippen molar-refractivity contribution in [2.24, 2.45) is 11.8 Å². The van der Waals surface area contributed by atoms with Crippen molar-refractivity contribution in [2.45, 2.75) is 13.3 Å². The predicted octanol–water partition coefficient (Wildman–Crippen LogP) is 1.05. The summed E-state index contributed by atoms with van der Waals surface area (Å²) in [6, 6.07) is 3.54. The van der Waals surface area contributed by atoms with Crippen molar-refractivity contribution < 1.29 is 14.7 Å². The van der Waals surface area contributed by atoms with Crippen molar-refractivity contribution in [1.82, 2.24) is 4.98 Å². The van der Waals surface area contributed by atoms with E-state index in [9.17, 15) is 9.59 Å². The first kappa shape index (κ1) is 10.6. The van der Waals surface area contributed by atoms with Crippen molar-refractivity contribution in [3.63, 3.8) is 0 Å². The number of aromatic nitrogens is 1. The van der Waals surface area contributed by atoms with Crippen LogP contribution in [-0.2, 0) is 9.59 Å². The fourth-order valence-corrected chi connectivity index (χ4v) is 1.53. The van der Waals surface area contributed by atoms with Crippen LogP contribution in [0.25, 0.3) is 0 Å². The van der Waals surface area contributed by atoms with Crippen molar-refractivity contribution in [1.29, 1.82) is 0 Å². The van der Waals surface area contributed by atoms with Crippen molar-refractivity contribution in [3.8, 4) is 0 Å². The quantitative estimate of drug-likeness (QED) is 0.797. The molecule has 0 unspecified atom stereocenters. The Labute approximate surface area is 92.5 Å². The lowest BCUT2D eigenvalue weighted by Gasteiger charge is -2.03. The average Bonchev–Trinajstić information content (AvgIpc) is 3.01. The summed E-state index contributed by atoms with van der Waals surface area (Å²) in [4.78, 5) is 26.2. The number of carbonyl (C=O) groups excluding carboxylic acids is 1. The summed E-state index contributed by atoms with van der Waals surface area (Å²) >= 11 is 0. The molecule has 1 aliphatic rings. The van der Waals surface area contributed by atoms with Crippen LogP contribution < -0.4 is 5.32 Å². The van der Waals surface area contributed by atoms with Crippen LogP contribution in [0.4, 0.5) is 5.69 Å². The van der Waals surface area contributed by atoms with Crippen LogP contribution in [0, 0.1) is 18.8 Å². The Morgan fingerprint density at radius 3 is 2.69 bits per heavy atom. The Balaban J connectivity index is 1.94. The number of rotatable bonds is 3. The zero-order chi connectivity index (χ0) is 11.7. The number of hydrogen-bond donors (Lipinski definition) is 2. The maximum atomic E-state index is 11.6.